The molecule has 2 aromatic carbocycles. The van der Waals surface area contributed by atoms with Crippen LogP contribution < -0.4 is 5.73 Å². The highest BCUT2D eigenvalue weighted by Gasteiger charge is 1.94. The number of pyridine rings is 1. The predicted molar refractivity (Wildman–Crippen MR) is 88.7 cm³/mol. The Morgan fingerprint density at radius 3 is 1.86 bits per heavy atom. The number of nitrogens with zero attached hydrogens (tertiary/aromatic N) is 1. The molecule has 21 heavy (non-hydrogen) atoms. The average molecular weight is 276 g/mol. The fourth-order valence-corrected chi connectivity index (χ4v) is 1.90. The largest absolute Gasteiger partial charge is 0.326 e. The van der Waals surface area contributed by atoms with E-state index in [1.54, 1.807) is 0 Å². The van der Waals surface area contributed by atoms with Gasteiger partial charge in [-0.25, -0.2) is 0 Å². The molecule has 106 valence electrons. The quantitative estimate of drug-likeness (QED) is 0.761. The monoisotopic (exact) mass is 276 g/mol. The van der Waals surface area contributed by atoms with Crippen molar-refractivity contribution in [2.24, 2.45) is 5.73 Å². The second kappa shape index (κ2) is 7.98. The van der Waals surface area contributed by atoms with Crippen molar-refractivity contribution in [1.82, 2.24) is 4.98 Å². The van der Waals surface area contributed by atoms with Crippen LogP contribution in [-0.4, -0.2) is 4.98 Å². The Kier molecular flexibility index (Phi) is 5.68. The summed E-state index contributed by atoms with van der Waals surface area (Å²) in [5.74, 6) is 0. The van der Waals surface area contributed by atoms with E-state index in [9.17, 15) is 0 Å². The topological polar surface area (TPSA) is 38.9 Å². The van der Waals surface area contributed by atoms with Gasteiger partial charge >= 0.3 is 0 Å². The zero-order chi connectivity index (χ0) is 14.9. The fourth-order valence-electron chi connectivity index (χ4n) is 1.90. The molecule has 0 aliphatic rings. The van der Waals surface area contributed by atoms with E-state index in [4.69, 9.17) is 5.73 Å². The standard InChI is InChI=1S/C12H11N.C7H9N/c1-10-2-4-11(5-3-10)12-6-8-13-9-7-12;8-6-7-4-2-1-3-5-7/h2-9H,1H3;1-5H,6,8H2. The first-order valence-electron chi connectivity index (χ1n) is 7.00. The third-order valence-corrected chi connectivity index (χ3v) is 3.14. The van der Waals surface area contributed by atoms with Crippen LogP contribution in [0, 0.1) is 6.92 Å². The Hall–Kier alpha value is -2.45. The van der Waals surface area contributed by atoms with Crippen LogP contribution in [0.5, 0.6) is 0 Å². The van der Waals surface area contributed by atoms with Gasteiger partial charge in [-0.2, -0.15) is 0 Å². The molecular weight excluding hydrogens is 256 g/mol. The minimum absolute atomic E-state index is 0.640. The van der Waals surface area contributed by atoms with Crippen molar-refractivity contribution in [1.29, 1.82) is 0 Å². The van der Waals surface area contributed by atoms with E-state index in [2.05, 4.69) is 36.2 Å². The van der Waals surface area contributed by atoms with Crippen molar-refractivity contribution in [3.05, 3.63) is 90.3 Å². The van der Waals surface area contributed by atoms with Gasteiger partial charge in [-0.1, -0.05) is 60.2 Å². The maximum atomic E-state index is 5.35. The second-order valence-corrected chi connectivity index (χ2v) is 4.79. The summed E-state index contributed by atoms with van der Waals surface area (Å²) < 4.78 is 0. The molecule has 0 fully saturated rings. The summed E-state index contributed by atoms with van der Waals surface area (Å²) in [6.07, 6.45) is 3.63. The van der Waals surface area contributed by atoms with Crippen molar-refractivity contribution in [2.75, 3.05) is 0 Å². The summed E-state index contributed by atoms with van der Waals surface area (Å²) in [7, 11) is 0. The van der Waals surface area contributed by atoms with Crippen LogP contribution in [0.15, 0.2) is 79.1 Å². The molecule has 0 saturated carbocycles. The Morgan fingerprint density at radius 2 is 1.33 bits per heavy atom. The molecule has 0 spiro atoms. The van der Waals surface area contributed by atoms with E-state index >= 15 is 0 Å². The van der Waals surface area contributed by atoms with Crippen molar-refractivity contribution in [3.63, 3.8) is 0 Å². The molecular formula is C19H20N2. The molecule has 0 unspecified atom stereocenters. The van der Waals surface area contributed by atoms with Gasteiger partial charge in [0.1, 0.15) is 0 Å². The van der Waals surface area contributed by atoms with Gasteiger partial charge in [-0.3, -0.25) is 4.98 Å². The third kappa shape index (κ3) is 4.86. The molecule has 1 heterocycles. The summed E-state index contributed by atoms with van der Waals surface area (Å²) in [6, 6.07) is 22.5. The maximum absolute atomic E-state index is 5.35. The molecule has 0 aliphatic carbocycles. The van der Waals surface area contributed by atoms with Gasteiger partial charge in [0.25, 0.3) is 0 Å². The highest BCUT2D eigenvalue weighted by molar-refractivity contribution is 5.62. The van der Waals surface area contributed by atoms with Crippen LogP contribution in [-0.2, 0) is 6.54 Å². The predicted octanol–water partition coefficient (Wildman–Crippen LogP) is 4.20. The lowest BCUT2D eigenvalue weighted by Gasteiger charge is -2.00. The molecule has 0 aliphatic heterocycles. The third-order valence-electron chi connectivity index (χ3n) is 3.14. The number of aryl methyl sites for hydroxylation is 1. The van der Waals surface area contributed by atoms with Gasteiger partial charge in [-0.15, -0.1) is 0 Å². The molecule has 0 radical (unpaired) electrons. The molecule has 2 nitrogen and oxygen atoms in total. The van der Waals surface area contributed by atoms with Gasteiger partial charge in [0.05, 0.1) is 0 Å². The number of benzene rings is 2. The lowest BCUT2D eigenvalue weighted by Crippen LogP contribution is -1.94. The van der Waals surface area contributed by atoms with Gasteiger partial charge in [0.2, 0.25) is 0 Å². The van der Waals surface area contributed by atoms with Crippen molar-refractivity contribution >= 4 is 0 Å². The normalized spacial score (nSPS) is 9.62. The molecule has 2 heteroatoms. The van der Waals surface area contributed by atoms with Crippen molar-refractivity contribution in [2.45, 2.75) is 13.5 Å². The van der Waals surface area contributed by atoms with Gasteiger partial charge < -0.3 is 5.73 Å². The highest BCUT2D eigenvalue weighted by atomic mass is 14.6. The molecule has 0 bridgehead atoms. The molecule has 1 aromatic heterocycles. The second-order valence-electron chi connectivity index (χ2n) is 4.79. The van der Waals surface area contributed by atoms with Crippen molar-refractivity contribution in [3.8, 4) is 11.1 Å². The van der Waals surface area contributed by atoms with Crippen LogP contribution in [0.4, 0.5) is 0 Å². The van der Waals surface area contributed by atoms with Gasteiger partial charge in [0, 0.05) is 18.9 Å². The lowest BCUT2D eigenvalue weighted by atomic mass is 10.1. The number of nitrogens with two attached hydrogens (primary N) is 1. The van der Waals surface area contributed by atoms with Crippen LogP contribution in [0.1, 0.15) is 11.1 Å². The van der Waals surface area contributed by atoms with E-state index in [-0.39, 0.29) is 0 Å². The van der Waals surface area contributed by atoms with E-state index in [1.165, 1.54) is 22.3 Å². The zero-order valence-electron chi connectivity index (χ0n) is 12.2. The number of hydrogen-bond donors (Lipinski definition) is 1. The highest BCUT2D eigenvalue weighted by Crippen LogP contribution is 2.17. The van der Waals surface area contributed by atoms with E-state index in [0.717, 1.165) is 0 Å². The number of rotatable bonds is 2. The fraction of sp³-hybridized carbons (Fsp3) is 0.105. The van der Waals surface area contributed by atoms with Crippen LogP contribution in [0.2, 0.25) is 0 Å². The average Bonchev–Trinajstić information content (AvgIpc) is 2.58. The Labute approximate surface area is 126 Å². The van der Waals surface area contributed by atoms with E-state index < -0.39 is 0 Å². The first kappa shape index (κ1) is 14.9. The minimum Gasteiger partial charge on any atom is -0.326 e. The molecule has 3 aromatic rings. The number of hydrogen-bond acceptors (Lipinski definition) is 2. The molecule has 2 N–H and O–H groups in total. The summed E-state index contributed by atoms with van der Waals surface area (Å²) in [6.45, 7) is 2.73. The summed E-state index contributed by atoms with van der Waals surface area (Å²) >= 11 is 0. The minimum atomic E-state index is 0.640. The molecule has 0 atom stereocenters. The maximum Gasteiger partial charge on any atom is 0.0273 e. The van der Waals surface area contributed by atoms with E-state index in [1.807, 2.05) is 54.9 Å². The summed E-state index contributed by atoms with van der Waals surface area (Å²) in [4.78, 5) is 3.99. The molecule has 0 amide bonds. The zero-order valence-corrected chi connectivity index (χ0v) is 12.2. The van der Waals surface area contributed by atoms with Crippen LogP contribution >= 0.6 is 0 Å². The number of aromatic nitrogens is 1. The van der Waals surface area contributed by atoms with Gasteiger partial charge in [-0.05, 0) is 35.7 Å². The van der Waals surface area contributed by atoms with Crippen LogP contribution in [0.25, 0.3) is 11.1 Å². The molecule has 3 rings (SSSR count). The summed E-state index contributed by atoms with van der Waals surface area (Å²) in [5, 5.41) is 0. The van der Waals surface area contributed by atoms with Crippen molar-refractivity contribution < 1.29 is 0 Å². The SMILES string of the molecule is Cc1ccc(-c2ccncc2)cc1.NCc1ccccc1. The Morgan fingerprint density at radius 1 is 0.762 bits per heavy atom. The Bertz CT molecular complexity index is 631. The lowest BCUT2D eigenvalue weighted by molar-refractivity contribution is 1.07. The van der Waals surface area contributed by atoms with Crippen LogP contribution in [0.3, 0.4) is 0 Å². The first-order valence-corrected chi connectivity index (χ1v) is 7.00. The smallest absolute Gasteiger partial charge is 0.0273 e. The van der Waals surface area contributed by atoms with E-state index in [0.29, 0.717) is 6.54 Å². The Balaban J connectivity index is 0.000000173. The van der Waals surface area contributed by atoms with Gasteiger partial charge in [0.15, 0.2) is 0 Å². The molecule has 0 saturated heterocycles. The summed E-state index contributed by atoms with van der Waals surface area (Å²) in [5.41, 5.74) is 10.3. The first-order chi connectivity index (χ1) is 10.3.